The summed E-state index contributed by atoms with van der Waals surface area (Å²) in [6.07, 6.45) is 20.6. The molecule has 5 N–H and O–H groups in total. The van der Waals surface area contributed by atoms with Gasteiger partial charge in [0, 0.05) is 6.54 Å². The van der Waals surface area contributed by atoms with Crippen molar-refractivity contribution in [2.24, 2.45) is 5.73 Å². The van der Waals surface area contributed by atoms with Gasteiger partial charge in [0.25, 0.3) is 0 Å². The minimum absolute atomic E-state index is 0.175. The molecule has 1 atom stereocenters. The summed E-state index contributed by atoms with van der Waals surface area (Å²) < 4.78 is 0. The predicted molar refractivity (Wildman–Crippen MR) is 120 cm³/mol. The molecule has 0 amide bonds. The van der Waals surface area contributed by atoms with Crippen molar-refractivity contribution in [3.05, 3.63) is 0 Å². The van der Waals surface area contributed by atoms with E-state index in [1.54, 1.807) is 0 Å². The lowest BCUT2D eigenvalue weighted by molar-refractivity contribution is 0.158. The minimum Gasteiger partial charge on any atom is -0.392 e. The maximum atomic E-state index is 10.0. The molecule has 0 aliphatic rings. The minimum atomic E-state index is -0.175. The number of hydrogen-bond donors (Lipinski definition) is 4. The zero-order chi connectivity index (χ0) is 19.8. The number of nitrogens with two attached hydrogens (primary N) is 1. The zero-order valence-electron chi connectivity index (χ0n) is 18.5. The van der Waals surface area contributed by atoms with Gasteiger partial charge >= 0.3 is 0 Å². The third-order valence-corrected chi connectivity index (χ3v) is 5.29. The summed E-state index contributed by atoms with van der Waals surface area (Å²) in [5.74, 6) is 0. The lowest BCUT2D eigenvalue weighted by Crippen LogP contribution is -2.29. The molecule has 4 heteroatoms. The molecular formula is C23H51N3O. The summed E-state index contributed by atoms with van der Waals surface area (Å²) in [6.45, 7) is 6.91. The molecule has 0 spiro atoms. The van der Waals surface area contributed by atoms with Crippen LogP contribution in [0.5, 0.6) is 0 Å². The Kier molecular flexibility index (Phi) is 23.7. The maximum absolute atomic E-state index is 10.0. The average molecular weight is 386 g/mol. The highest BCUT2D eigenvalue weighted by Crippen LogP contribution is 2.12. The van der Waals surface area contributed by atoms with Gasteiger partial charge in [0.15, 0.2) is 0 Å². The third-order valence-electron chi connectivity index (χ3n) is 5.29. The zero-order valence-corrected chi connectivity index (χ0v) is 18.5. The van der Waals surface area contributed by atoms with Crippen molar-refractivity contribution in [1.29, 1.82) is 0 Å². The molecule has 27 heavy (non-hydrogen) atoms. The van der Waals surface area contributed by atoms with Gasteiger partial charge in [-0.25, -0.2) is 0 Å². The molecular weight excluding hydrogens is 334 g/mol. The molecule has 0 aromatic heterocycles. The summed E-state index contributed by atoms with van der Waals surface area (Å²) in [4.78, 5) is 0. The van der Waals surface area contributed by atoms with E-state index >= 15 is 0 Å². The van der Waals surface area contributed by atoms with Crippen molar-refractivity contribution in [2.45, 2.75) is 116 Å². The van der Waals surface area contributed by atoms with Gasteiger partial charge in [-0.3, -0.25) is 0 Å². The molecule has 0 heterocycles. The van der Waals surface area contributed by atoms with Gasteiger partial charge in [-0.1, -0.05) is 84.0 Å². The summed E-state index contributed by atoms with van der Waals surface area (Å²) in [7, 11) is 0. The largest absolute Gasteiger partial charge is 0.392 e. The number of rotatable bonds is 23. The van der Waals surface area contributed by atoms with Gasteiger partial charge in [-0.05, 0) is 51.9 Å². The molecule has 0 aromatic rings. The molecule has 0 aromatic carbocycles. The predicted octanol–water partition coefficient (Wildman–Crippen LogP) is 4.75. The fourth-order valence-corrected chi connectivity index (χ4v) is 3.45. The number of unbranched alkanes of at least 4 members (excludes halogenated alkanes) is 12. The molecule has 0 fully saturated rings. The van der Waals surface area contributed by atoms with E-state index in [9.17, 15) is 5.11 Å². The summed E-state index contributed by atoms with van der Waals surface area (Å²) in [5, 5.41) is 16.8. The molecule has 4 nitrogen and oxygen atoms in total. The fraction of sp³-hybridized carbons (Fsp3) is 1.00. The van der Waals surface area contributed by atoms with Crippen molar-refractivity contribution in [3.8, 4) is 0 Å². The highest BCUT2D eigenvalue weighted by Gasteiger charge is 2.03. The first-order valence-electron chi connectivity index (χ1n) is 12.1. The Balaban J connectivity index is 3.12. The van der Waals surface area contributed by atoms with Crippen LogP contribution in [0.4, 0.5) is 0 Å². The van der Waals surface area contributed by atoms with Crippen LogP contribution in [0.3, 0.4) is 0 Å². The monoisotopic (exact) mass is 385 g/mol. The van der Waals surface area contributed by atoms with E-state index in [4.69, 9.17) is 5.73 Å². The van der Waals surface area contributed by atoms with E-state index in [0.717, 1.165) is 52.0 Å². The van der Waals surface area contributed by atoms with Crippen LogP contribution in [0, 0.1) is 0 Å². The van der Waals surface area contributed by atoms with Crippen molar-refractivity contribution < 1.29 is 5.11 Å². The Morgan fingerprint density at radius 2 is 1.15 bits per heavy atom. The van der Waals surface area contributed by atoms with Gasteiger partial charge in [0.1, 0.15) is 0 Å². The van der Waals surface area contributed by atoms with Gasteiger partial charge in [-0.15, -0.1) is 0 Å². The van der Waals surface area contributed by atoms with Crippen LogP contribution >= 0.6 is 0 Å². The summed E-state index contributed by atoms with van der Waals surface area (Å²) in [5.41, 5.74) is 5.47. The number of aliphatic hydroxyl groups excluding tert-OH is 1. The Morgan fingerprint density at radius 1 is 0.630 bits per heavy atom. The van der Waals surface area contributed by atoms with Crippen LogP contribution in [0.2, 0.25) is 0 Å². The summed E-state index contributed by atoms with van der Waals surface area (Å²) in [6, 6.07) is 0. The molecule has 0 rings (SSSR count). The smallest absolute Gasteiger partial charge is 0.0664 e. The average Bonchev–Trinajstić information content (AvgIpc) is 2.67. The van der Waals surface area contributed by atoms with E-state index in [-0.39, 0.29) is 6.10 Å². The Morgan fingerprint density at radius 3 is 1.74 bits per heavy atom. The second-order valence-corrected chi connectivity index (χ2v) is 8.14. The van der Waals surface area contributed by atoms with Crippen LogP contribution in [-0.2, 0) is 0 Å². The molecule has 0 bridgehead atoms. The molecule has 1 unspecified atom stereocenters. The van der Waals surface area contributed by atoms with E-state index in [0.29, 0.717) is 0 Å². The Bertz CT molecular complexity index is 264. The molecule has 0 saturated carbocycles. The quantitative estimate of drug-likeness (QED) is 0.192. The molecule has 0 aliphatic carbocycles. The third kappa shape index (κ3) is 23.8. The molecule has 0 aliphatic heterocycles. The highest BCUT2D eigenvalue weighted by atomic mass is 16.3. The van der Waals surface area contributed by atoms with Gasteiger partial charge in [0.2, 0.25) is 0 Å². The standard InChI is InChI=1S/C23H51N3O/c1-2-3-4-5-6-7-8-9-10-11-12-13-17-23(27)22-26-21-16-20-25-19-15-14-18-24/h23,25-27H,2-22,24H2,1H3. The van der Waals surface area contributed by atoms with Crippen molar-refractivity contribution in [3.63, 3.8) is 0 Å². The number of nitrogens with one attached hydrogen (secondary N) is 2. The molecule has 0 radical (unpaired) electrons. The van der Waals surface area contributed by atoms with Crippen molar-refractivity contribution >= 4 is 0 Å². The van der Waals surface area contributed by atoms with Crippen LogP contribution in [0.25, 0.3) is 0 Å². The lowest BCUT2D eigenvalue weighted by atomic mass is 10.0. The molecule has 0 saturated heterocycles. The second-order valence-electron chi connectivity index (χ2n) is 8.14. The first kappa shape index (κ1) is 26.8. The Hall–Kier alpha value is -0.160. The van der Waals surface area contributed by atoms with Gasteiger partial charge in [-0.2, -0.15) is 0 Å². The van der Waals surface area contributed by atoms with Crippen LogP contribution in [0.1, 0.15) is 110 Å². The first-order chi connectivity index (χ1) is 13.3. The topological polar surface area (TPSA) is 70.3 Å². The number of aliphatic hydroxyl groups is 1. The second kappa shape index (κ2) is 23.9. The van der Waals surface area contributed by atoms with E-state index in [1.807, 2.05) is 0 Å². The highest BCUT2D eigenvalue weighted by molar-refractivity contribution is 4.61. The summed E-state index contributed by atoms with van der Waals surface area (Å²) >= 11 is 0. The van der Waals surface area contributed by atoms with E-state index in [2.05, 4.69) is 17.6 Å². The maximum Gasteiger partial charge on any atom is 0.0664 e. The van der Waals surface area contributed by atoms with Crippen molar-refractivity contribution in [2.75, 3.05) is 32.7 Å². The molecule has 164 valence electrons. The van der Waals surface area contributed by atoms with Gasteiger partial charge in [0.05, 0.1) is 6.10 Å². The van der Waals surface area contributed by atoms with Crippen LogP contribution in [0.15, 0.2) is 0 Å². The SMILES string of the molecule is CCCCCCCCCCCCCCC(O)CNCCCNCCCCN. The van der Waals surface area contributed by atoms with E-state index in [1.165, 1.54) is 83.5 Å². The Labute approximate surface area is 170 Å². The lowest BCUT2D eigenvalue weighted by Gasteiger charge is -2.12. The van der Waals surface area contributed by atoms with Crippen molar-refractivity contribution in [1.82, 2.24) is 10.6 Å². The number of hydrogen-bond acceptors (Lipinski definition) is 4. The first-order valence-corrected chi connectivity index (χ1v) is 12.1. The normalized spacial score (nSPS) is 12.6. The van der Waals surface area contributed by atoms with Crippen LogP contribution < -0.4 is 16.4 Å². The fourth-order valence-electron chi connectivity index (χ4n) is 3.45. The van der Waals surface area contributed by atoms with Gasteiger partial charge < -0.3 is 21.5 Å². The van der Waals surface area contributed by atoms with Crippen LogP contribution in [-0.4, -0.2) is 43.9 Å². The van der Waals surface area contributed by atoms with E-state index < -0.39 is 0 Å².